The molecular formula is C14H20FNO. The summed E-state index contributed by atoms with van der Waals surface area (Å²) < 4.78 is 12.8. The quantitative estimate of drug-likeness (QED) is 0.800. The van der Waals surface area contributed by atoms with E-state index in [-0.39, 0.29) is 11.7 Å². The van der Waals surface area contributed by atoms with E-state index in [2.05, 4.69) is 4.98 Å². The van der Waals surface area contributed by atoms with Gasteiger partial charge in [0.15, 0.2) is 0 Å². The van der Waals surface area contributed by atoms with E-state index in [0.717, 1.165) is 12.8 Å². The molecule has 0 aliphatic heterocycles. The summed E-state index contributed by atoms with van der Waals surface area (Å²) in [7, 11) is 0. The largest absolute Gasteiger partial charge is 0.384 e. The molecule has 0 aromatic carbocycles. The summed E-state index contributed by atoms with van der Waals surface area (Å²) in [6.07, 6.45) is 8.09. The lowest BCUT2D eigenvalue weighted by atomic mass is 9.81. The molecule has 3 heteroatoms. The predicted octanol–water partition coefficient (Wildman–Crippen LogP) is 3.40. The van der Waals surface area contributed by atoms with Crippen LogP contribution in [-0.2, 0) is 5.60 Å². The van der Waals surface area contributed by atoms with E-state index in [1.807, 2.05) is 6.92 Å². The van der Waals surface area contributed by atoms with Gasteiger partial charge in [-0.2, -0.15) is 0 Å². The number of nitrogens with zero attached hydrogens (tertiary/aromatic N) is 1. The average Bonchev–Trinajstić information content (AvgIpc) is 2.58. The number of hydrogen-bond donors (Lipinski definition) is 1. The van der Waals surface area contributed by atoms with Gasteiger partial charge < -0.3 is 5.11 Å². The average molecular weight is 237 g/mol. The molecule has 1 aliphatic rings. The highest BCUT2D eigenvalue weighted by Gasteiger charge is 2.34. The topological polar surface area (TPSA) is 33.1 Å². The second-order valence-electron chi connectivity index (χ2n) is 5.20. The zero-order chi connectivity index (χ0) is 12.3. The number of aliphatic hydroxyl groups is 1. The molecule has 1 atom stereocenters. The SMILES string of the molecule is CC(O)(c1ccc(F)cn1)C1CCCCCC1. The van der Waals surface area contributed by atoms with Gasteiger partial charge in [-0.1, -0.05) is 25.7 Å². The van der Waals surface area contributed by atoms with Crippen LogP contribution in [0.25, 0.3) is 0 Å². The Kier molecular flexibility index (Phi) is 3.77. The van der Waals surface area contributed by atoms with Gasteiger partial charge in [-0.25, -0.2) is 4.39 Å². The van der Waals surface area contributed by atoms with E-state index >= 15 is 0 Å². The monoisotopic (exact) mass is 237 g/mol. The molecule has 2 nitrogen and oxygen atoms in total. The molecule has 0 amide bonds. The first-order valence-corrected chi connectivity index (χ1v) is 6.45. The van der Waals surface area contributed by atoms with E-state index in [1.165, 1.54) is 37.9 Å². The summed E-state index contributed by atoms with van der Waals surface area (Å²) >= 11 is 0. The van der Waals surface area contributed by atoms with Gasteiger partial charge in [0, 0.05) is 0 Å². The van der Waals surface area contributed by atoms with Gasteiger partial charge in [-0.05, 0) is 37.8 Å². The van der Waals surface area contributed by atoms with Crippen molar-refractivity contribution in [3.8, 4) is 0 Å². The van der Waals surface area contributed by atoms with E-state index in [1.54, 1.807) is 6.07 Å². The summed E-state index contributed by atoms with van der Waals surface area (Å²) in [5.41, 5.74) is -0.344. The molecule has 1 heterocycles. The van der Waals surface area contributed by atoms with Gasteiger partial charge >= 0.3 is 0 Å². The highest BCUT2D eigenvalue weighted by Crippen LogP contribution is 2.37. The Morgan fingerprint density at radius 2 is 1.88 bits per heavy atom. The molecule has 0 saturated heterocycles. The van der Waals surface area contributed by atoms with Crippen molar-refractivity contribution in [3.05, 3.63) is 29.8 Å². The summed E-state index contributed by atoms with van der Waals surface area (Å²) in [5, 5.41) is 10.6. The van der Waals surface area contributed by atoms with Gasteiger partial charge in [0.25, 0.3) is 0 Å². The summed E-state index contributed by atoms with van der Waals surface area (Å²) in [5.74, 6) is -0.117. The molecule has 1 saturated carbocycles. The van der Waals surface area contributed by atoms with Crippen molar-refractivity contribution in [1.82, 2.24) is 4.98 Å². The van der Waals surface area contributed by atoms with Crippen molar-refractivity contribution >= 4 is 0 Å². The number of hydrogen-bond acceptors (Lipinski definition) is 2. The van der Waals surface area contributed by atoms with Gasteiger partial charge in [0.1, 0.15) is 11.4 Å². The van der Waals surface area contributed by atoms with Crippen molar-refractivity contribution in [1.29, 1.82) is 0 Å². The van der Waals surface area contributed by atoms with E-state index in [0.29, 0.717) is 5.69 Å². The molecule has 0 radical (unpaired) electrons. The minimum Gasteiger partial charge on any atom is -0.384 e. The first-order chi connectivity index (χ1) is 8.10. The third-order valence-electron chi connectivity index (χ3n) is 3.90. The molecule has 94 valence electrons. The number of halogens is 1. The Hall–Kier alpha value is -0.960. The predicted molar refractivity (Wildman–Crippen MR) is 65.0 cm³/mol. The normalized spacial score (nSPS) is 21.8. The first kappa shape index (κ1) is 12.5. The molecule has 1 aliphatic carbocycles. The van der Waals surface area contributed by atoms with Crippen molar-refractivity contribution in [2.45, 2.75) is 51.0 Å². The van der Waals surface area contributed by atoms with Crippen LogP contribution in [0.15, 0.2) is 18.3 Å². The van der Waals surface area contributed by atoms with Crippen LogP contribution in [0, 0.1) is 11.7 Å². The molecule has 2 rings (SSSR count). The Morgan fingerprint density at radius 1 is 1.24 bits per heavy atom. The van der Waals surface area contributed by atoms with Crippen molar-refractivity contribution in [2.24, 2.45) is 5.92 Å². The molecule has 1 unspecified atom stereocenters. The van der Waals surface area contributed by atoms with E-state index in [9.17, 15) is 9.50 Å². The zero-order valence-electron chi connectivity index (χ0n) is 10.3. The van der Waals surface area contributed by atoms with Crippen LogP contribution >= 0.6 is 0 Å². The molecule has 1 fully saturated rings. The lowest BCUT2D eigenvalue weighted by Gasteiger charge is -2.31. The van der Waals surface area contributed by atoms with E-state index in [4.69, 9.17) is 0 Å². The summed E-state index contributed by atoms with van der Waals surface area (Å²) in [6.45, 7) is 1.81. The highest BCUT2D eigenvalue weighted by molar-refractivity contribution is 5.14. The van der Waals surface area contributed by atoms with Crippen LogP contribution in [0.2, 0.25) is 0 Å². The van der Waals surface area contributed by atoms with Gasteiger partial charge in [-0.3, -0.25) is 4.98 Å². The molecule has 1 aromatic rings. The smallest absolute Gasteiger partial charge is 0.141 e. The maximum atomic E-state index is 12.8. The van der Waals surface area contributed by atoms with Gasteiger partial charge in [0.05, 0.1) is 11.9 Å². The standard InChI is InChI=1S/C14H20FNO/c1-14(17,11-6-4-2-3-5-7-11)13-9-8-12(15)10-16-13/h8-11,17H,2-7H2,1H3. The second kappa shape index (κ2) is 5.13. The van der Waals surface area contributed by atoms with E-state index < -0.39 is 5.60 Å². The summed E-state index contributed by atoms with van der Waals surface area (Å²) in [4.78, 5) is 4.03. The maximum absolute atomic E-state index is 12.8. The highest BCUT2D eigenvalue weighted by atomic mass is 19.1. The number of pyridine rings is 1. The minimum absolute atomic E-state index is 0.239. The fraction of sp³-hybridized carbons (Fsp3) is 0.643. The minimum atomic E-state index is -0.932. The van der Waals surface area contributed by atoms with Crippen LogP contribution in [-0.4, -0.2) is 10.1 Å². The maximum Gasteiger partial charge on any atom is 0.141 e. The number of aromatic nitrogens is 1. The lowest BCUT2D eigenvalue weighted by molar-refractivity contribution is -0.0165. The Bertz CT molecular complexity index is 353. The molecule has 0 bridgehead atoms. The Labute approximate surface area is 102 Å². The Balaban J connectivity index is 2.18. The third kappa shape index (κ3) is 2.83. The van der Waals surface area contributed by atoms with Crippen LogP contribution in [0.1, 0.15) is 51.1 Å². The molecule has 0 spiro atoms. The first-order valence-electron chi connectivity index (χ1n) is 6.45. The van der Waals surface area contributed by atoms with Crippen LogP contribution in [0.4, 0.5) is 4.39 Å². The molecule has 17 heavy (non-hydrogen) atoms. The van der Waals surface area contributed by atoms with Gasteiger partial charge in [-0.15, -0.1) is 0 Å². The fourth-order valence-electron chi connectivity index (χ4n) is 2.73. The second-order valence-corrected chi connectivity index (χ2v) is 5.20. The zero-order valence-corrected chi connectivity index (χ0v) is 10.3. The molecule has 1 aromatic heterocycles. The lowest BCUT2D eigenvalue weighted by Crippen LogP contribution is -2.32. The number of rotatable bonds is 2. The fourth-order valence-corrected chi connectivity index (χ4v) is 2.73. The van der Waals surface area contributed by atoms with Crippen LogP contribution in [0.3, 0.4) is 0 Å². The van der Waals surface area contributed by atoms with Crippen LogP contribution in [0.5, 0.6) is 0 Å². The van der Waals surface area contributed by atoms with Crippen LogP contribution < -0.4 is 0 Å². The van der Waals surface area contributed by atoms with Crippen molar-refractivity contribution < 1.29 is 9.50 Å². The third-order valence-corrected chi connectivity index (χ3v) is 3.90. The summed E-state index contributed by atoms with van der Waals surface area (Å²) in [6, 6.07) is 2.97. The van der Waals surface area contributed by atoms with Gasteiger partial charge in [0.2, 0.25) is 0 Å². The molecule has 1 N–H and O–H groups in total. The van der Waals surface area contributed by atoms with Crippen molar-refractivity contribution in [3.63, 3.8) is 0 Å². The van der Waals surface area contributed by atoms with Crippen molar-refractivity contribution in [2.75, 3.05) is 0 Å². The Morgan fingerprint density at radius 3 is 2.41 bits per heavy atom. The molecular weight excluding hydrogens is 217 g/mol.